The summed E-state index contributed by atoms with van der Waals surface area (Å²) >= 11 is 1.61. The van der Waals surface area contributed by atoms with Crippen molar-refractivity contribution in [2.24, 2.45) is 5.73 Å². The molecule has 0 aliphatic rings. The highest BCUT2D eigenvalue weighted by molar-refractivity contribution is 7.15. The highest BCUT2D eigenvalue weighted by Gasteiger charge is 2.27. The van der Waals surface area contributed by atoms with Crippen molar-refractivity contribution in [3.8, 4) is 10.6 Å². The van der Waals surface area contributed by atoms with Crippen molar-refractivity contribution in [3.63, 3.8) is 0 Å². The van der Waals surface area contributed by atoms with Gasteiger partial charge in [-0.2, -0.15) is 0 Å². The number of hydrogen-bond donors (Lipinski definition) is 2. The van der Waals surface area contributed by atoms with Crippen LogP contribution in [0.4, 0.5) is 0 Å². The summed E-state index contributed by atoms with van der Waals surface area (Å²) in [7, 11) is 0. The predicted molar refractivity (Wildman–Crippen MR) is 91.6 cm³/mol. The lowest BCUT2D eigenvalue weighted by Gasteiger charge is -2.22. The van der Waals surface area contributed by atoms with E-state index in [4.69, 9.17) is 5.73 Å². The average Bonchev–Trinajstić information content (AvgIpc) is 2.87. The van der Waals surface area contributed by atoms with Gasteiger partial charge in [-0.05, 0) is 20.3 Å². The van der Waals surface area contributed by atoms with Gasteiger partial charge in [0.15, 0.2) is 0 Å². The third-order valence-corrected chi connectivity index (χ3v) is 4.82. The number of aromatic nitrogens is 1. The molecule has 0 saturated heterocycles. The van der Waals surface area contributed by atoms with E-state index in [9.17, 15) is 4.79 Å². The summed E-state index contributed by atoms with van der Waals surface area (Å²) < 4.78 is 0. The van der Waals surface area contributed by atoms with Crippen molar-refractivity contribution in [1.82, 2.24) is 10.3 Å². The van der Waals surface area contributed by atoms with Crippen LogP contribution in [0.25, 0.3) is 10.6 Å². The normalized spacial score (nSPS) is 13.6. The zero-order valence-corrected chi connectivity index (χ0v) is 14.2. The highest BCUT2D eigenvalue weighted by Crippen LogP contribution is 2.27. The number of rotatable bonds is 6. The van der Waals surface area contributed by atoms with Crippen molar-refractivity contribution in [1.29, 1.82) is 0 Å². The van der Waals surface area contributed by atoms with Gasteiger partial charge < -0.3 is 11.1 Å². The van der Waals surface area contributed by atoms with E-state index in [0.29, 0.717) is 13.0 Å². The molecule has 0 spiro atoms. The maximum absolute atomic E-state index is 12.2. The van der Waals surface area contributed by atoms with E-state index in [0.717, 1.165) is 27.6 Å². The standard InChI is InChI=1S/C17H23N3OS/c1-4-10-17(3,18)16(21)19-11-14-12(2)20-15(22-14)13-8-6-5-7-9-13/h5-9H,4,10-11,18H2,1-3H3,(H,19,21). The SMILES string of the molecule is CCCC(C)(N)C(=O)NCc1sc(-c2ccccc2)nc1C. The Morgan fingerprint density at radius 2 is 2.05 bits per heavy atom. The number of carbonyl (C=O) groups is 1. The Balaban J connectivity index is 2.05. The maximum atomic E-state index is 12.2. The molecule has 0 aliphatic carbocycles. The van der Waals surface area contributed by atoms with Gasteiger partial charge in [0, 0.05) is 10.4 Å². The first kappa shape index (κ1) is 16.6. The lowest BCUT2D eigenvalue weighted by molar-refractivity contribution is -0.126. The first-order chi connectivity index (χ1) is 10.4. The molecule has 0 saturated carbocycles. The van der Waals surface area contributed by atoms with Crippen LogP contribution >= 0.6 is 11.3 Å². The lowest BCUT2D eigenvalue weighted by atomic mass is 9.96. The second-order valence-corrected chi connectivity index (χ2v) is 6.83. The van der Waals surface area contributed by atoms with Crippen LogP contribution in [0.3, 0.4) is 0 Å². The van der Waals surface area contributed by atoms with Crippen LogP contribution in [0.15, 0.2) is 30.3 Å². The Hall–Kier alpha value is -1.72. The van der Waals surface area contributed by atoms with Gasteiger partial charge in [-0.3, -0.25) is 4.79 Å². The number of hydrogen-bond acceptors (Lipinski definition) is 4. The van der Waals surface area contributed by atoms with Crippen LogP contribution < -0.4 is 11.1 Å². The van der Waals surface area contributed by atoms with Crippen molar-refractivity contribution >= 4 is 17.2 Å². The summed E-state index contributed by atoms with van der Waals surface area (Å²) in [4.78, 5) is 17.8. The second-order valence-electron chi connectivity index (χ2n) is 5.74. The summed E-state index contributed by atoms with van der Waals surface area (Å²) in [6, 6.07) is 10.1. The van der Waals surface area contributed by atoms with Crippen molar-refractivity contribution in [2.45, 2.75) is 45.7 Å². The smallest absolute Gasteiger partial charge is 0.240 e. The average molecular weight is 317 g/mol. The fourth-order valence-electron chi connectivity index (χ4n) is 2.29. The summed E-state index contributed by atoms with van der Waals surface area (Å²) in [5, 5.41) is 3.91. The molecule has 2 rings (SSSR count). The van der Waals surface area contributed by atoms with Crippen LogP contribution in [-0.2, 0) is 11.3 Å². The minimum absolute atomic E-state index is 0.108. The van der Waals surface area contributed by atoms with E-state index >= 15 is 0 Å². The maximum Gasteiger partial charge on any atom is 0.240 e. The summed E-state index contributed by atoms with van der Waals surface area (Å²) in [5.74, 6) is -0.108. The molecule has 1 atom stereocenters. The van der Waals surface area contributed by atoms with E-state index in [-0.39, 0.29) is 5.91 Å². The highest BCUT2D eigenvalue weighted by atomic mass is 32.1. The molecule has 1 aromatic heterocycles. The Kier molecular flexibility index (Phi) is 5.32. The van der Waals surface area contributed by atoms with Crippen molar-refractivity contribution < 1.29 is 4.79 Å². The Bertz CT molecular complexity index is 635. The third-order valence-electron chi connectivity index (χ3n) is 3.61. The van der Waals surface area contributed by atoms with Gasteiger partial charge in [0.05, 0.1) is 17.8 Å². The minimum atomic E-state index is -0.810. The molecule has 4 nitrogen and oxygen atoms in total. The number of benzene rings is 1. The van der Waals surface area contributed by atoms with Gasteiger partial charge >= 0.3 is 0 Å². The fraction of sp³-hybridized carbons (Fsp3) is 0.412. The number of nitrogens with zero attached hydrogens (tertiary/aromatic N) is 1. The molecule has 3 N–H and O–H groups in total. The first-order valence-electron chi connectivity index (χ1n) is 7.53. The molecule has 1 unspecified atom stereocenters. The molecule has 2 aromatic rings. The van der Waals surface area contributed by atoms with E-state index in [1.54, 1.807) is 18.3 Å². The topological polar surface area (TPSA) is 68.0 Å². The number of nitrogens with two attached hydrogens (primary N) is 1. The van der Waals surface area contributed by atoms with Gasteiger partial charge in [0.25, 0.3) is 0 Å². The van der Waals surface area contributed by atoms with Gasteiger partial charge in [-0.1, -0.05) is 43.7 Å². The summed E-state index contributed by atoms with van der Waals surface area (Å²) in [5.41, 5.74) is 7.29. The first-order valence-corrected chi connectivity index (χ1v) is 8.34. The van der Waals surface area contributed by atoms with Gasteiger partial charge in [-0.15, -0.1) is 11.3 Å². The van der Waals surface area contributed by atoms with E-state index in [1.165, 1.54) is 0 Å². The van der Waals surface area contributed by atoms with Crippen LogP contribution in [0.2, 0.25) is 0 Å². The summed E-state index contributed by atoms with van der Waals surface area (Å²) in [6.07, 6.45) is 1.56. The van der Waals surface area contributed by atoms with Gasteiger partial charge in [-0.25, -0.2) is 4.98 Å². The van der Waals surface area contributed by atoms with Crippen LogP contribution in [0.1, 0.15) is 37.3 Å². The lowest BCUT2D eigenvalue weighted by Crippen LogP contribution is -2.51. The van der Waals surface area contributed by atoms with E-state index < -0.39 is 5.54 Å². The second kappa shape index (κ2) is 7.03. The molecule has 0 radical (unpaired) electrons. The van der Waals surface area contributed by atoms with Gasteiger partial charge in [0.1, 0.15) is 5.01 Å². The van der Waals surface area contributed by atoms with Crippen LogP contribution in [-0.4, -0.2) is 16.4 Å². The summed E-state index contributed by atoms with van der Waals surface area (Å²) in [6.45, 7) is 6.25. The quantitative estimate of drug-likeness (QED) is 0.859. The monoisotopic (exact) mass is 317 g/mol. The number of amides is 1. The van der Waals surface area contributed by atoms with Gasteiger partial charge in [0.2, 0.25) is 5.91 Å². The minimum Gasteiger partial charge on any atom is -0.350 e. The molecular formula is C17H23N3OS. The van der Waals surface area contributed by atoms with E-state index in [2.05, 4.69) is 10.3 Å². The molecule has 0 fully saturated rings. The fourth-order valence-corrected chi connectivity index (χ4v) is 3.30. The molecule has 1 aromatic carbocycles. The molecular weight excluding hydrogens is 294 g/mol. The Morgan fingerprint density at radius 3 is 2.68 bits per heavy atom. The number of aryl methyl sites for hydroxylation is 1. The zero-order valence-electron chi connectivity index (χ0n) is 13.3. The molecule has 0 bridgehead atoms. The van der Waals surface area contributed by atoms with Crippen molar-refractivity contribution in [2.75, 3.05) is 0 Å². The number of thiazole rings is 1. The molecule has 22 heavy (non-hydrogen) atoms. The third kappa shape index (κ3) is 3.93. The van der Waals surface area contributed by atoms with Crippen LogP contribution in [0, 0.1) is 6.92 Å². The number of carbonyl (C=O) groups excluding carboxylic acids is 1. The largest absolute Gasteiger partial charge is 0.350 e. The Labute approximate surface area is 135 Å². The van der Waals surface area contributed by atoms with Crippen molar-refractivity contribution in [3.05, 3.63) is 40.9 Å². The zero-order chi connectivity index (χ0) is 16.2. The number of nitrogens with one attached hydrogen (secondary N) is 1. The molecule has 1 heterocycles. The van der Waals surface area contributed by atoms with E-state index in [1.807, 2.05) is 44.2 Å². The molecule has 0 aliphatic heterocycles. The Morgan fingerprint density at radius 1 is 1.36 bits per heavy atom. The molecule has 5 heteroatoms. The molecule has 118 valence electrons. The predicted octanol–water partition coefficient (Wildman–Crippen LogP) is 3.25. The van der Waals surface area contributed by atoms with Crippen LogP contribution in [0.5, 0.6) is 0 Å². The molecule has 1 amide bonds.